The molecular weight excluding hydrogens is 130 g/mol. The third-order valence-electron chi connectivity index (χ3n) is 0.974. The molecule has 0 aliphatic rings. The summed E-state index contributed by atoms with van der Waals surface area (Å²) in [6, 6.07) is -0.0163. The van der Waals surface area contributed by atoms with E-state index in [4.69, 9.17) is 6.42 Å². The summed E-state index contributed by atoms with van der Waals surface area (Å²) in [7, 11) is 1.32. The predicted octanol–water partition coefficient (Wildman–Crippen LogP) is 0.754. The number of nitrogens with one attached hydrogen (secondary N) is 1. The molecule has 3 nitrogen and oxygen atoms in total. The number of hydrogen-bond donors (Lipinski definition) is 1. The number of hydrogen-bond acceptors (Lipinski definition) is 2. The number of rotatable bonds is 2. The Hall–Kier alpha value is -1.17. The van der Waals surface area contributed by atoms with Crippen LogP contribution in [0.25, 0.3) is 0 Å². The molecule has 0 spiro atoms. The highest BCUT2D eigenvalue weighted by atomic mass is 16.5. The van der Waals surface area contributed by atoms with Gasteiger partial charge in [-0.2, -0.15) is 0 Å². The molecule has 0 aliphatic carbocycles. The molecule has 0 aromatic carbocycles. The van der Waals surface area contributed by atoms with Crippen molar-refractivity contribution in [3.63, 3.8) is 0 Å². The molecule has 0 aromatic rings. The van der Waals surface area contributed by atoms with E-state index < -0.39 is 6.09 Å². The van der Waals surface area contributed by atoms with Crippen LogP contribution in [-0.2, 0) is 4.74 Å². The van der Waals surface area contributed by atoms with E-state index >= 15 is 0 Å². The fourth-order valence-electron chi connectivity index (χ4n) is 0.488. The third kappa shape index (κ3) is 3.79. The summed E-state index contributed by atoms with van der Waals surface area (Å²) in [6.07, 6.45) is 5.09. The van der Waals surface area contributed by atoms with Crippen molar-refractivity contribution in [1.82, 2.24) is 5.32 Å². The molecule has 0 bridgehead atoms. The van der Waals surface area contributed by atoms with Crippen molar-refractivity contribution in [1.29, 1.82) is 0 Å². The van der Waals surface area contributed by atoms with Gasteiger partial charge in [-0.3, -0.25) is 0 Å². The molecule has 1 atom stereocenters. The topological polar surface area (TPSA) is 38.3 Å². The van der Waals surface area contributed by atoms with Gasteiger partial charge in [0.2, 0.25) is 0 Å². The van der Waals surface area contributed by atoms with Crippen LogP contribution >= 0.6 is 0 Å². The lowest BCUT2D eigenvalue weighted by Gasteiger charge is -2.08. The van der Waals surface area contributed by atoms with Crippen LogP contribution < -0.4 is 5.32 Å². The Morgan fingerprint density at radius 3 is 2.90 bits per heavy atom. The number of ether oxygens (including phenoxy) is 1. The summed E-state index contributed by atoms with van der Waals surface area (Å²) >= 11 is 0. The lowest BCUT2D eigenvalue weighted by molar-refractivity contribution is 0.167. The van der Waals surface area contributed by atoms with Gasteiger partial charge in [0.05, 0.1) is 7.11 Å². The lowest BCUT2D eigenvalue weighted by atomic mass is 10.2. The van der Waals surface area contributed by atoms with Crippen molar-refractivity contribution in [3.05, 3.63) is 0 Å². The Bertz CT molecular complexity index is 148. The molecule has 56 valence electrons. The zero-order valence-corrected chi connectivity index (χ0v) is 6.18. The predicted molar refractivity (Wildman–Crippen MR) is 38.5 cm³/mol. The highest BCUT2D eigenvalue weighted by molar-refractivity contribution is 5.67. The second-order valence-electron chi connectivity index (χ2n) is 1.95. The maximum atomic E-state index is 10.5. The SMILES string of the molecule is C#CCC(C)NC(=O)OC. The second kappa shape index (κ2) is 4.68. The molecule has 0 rings (SSSR count). The Morgan fingerprint density at radius 2 is 2.50 bits per heavy atom. The molecule has 1 unspecified atom stereocenters. The molecule has 0 fully saturated rings. The van der Waals surface area contributed by atoms with Crippen LogP contribution in [0.5, 0.6) is 0 Å². The molecule has 3 heteroatoms. The van der Waals surface area contributed by atoms with E-state index in [0.717, 1.165) is 0 Å². The van der Waals surface area contributed by atoms with E-state index in [2.05, 4.69) is 16.0 Å². The number of carbonyl (C=O) groups excluding carboxylic acids is 1. The largest absolute Gasteiger partial charge is 0.453 e. The van der Waals surface area contributed by atoms with Crippen LogP contribution in [0.1, 0.15) is 13.3 Å². The van der Waals surface area contributed by atoms with Gasteiger partial charge in [-0.25, -0.2) is 4.79 Å². The molecule has 1 N–H and O–H groups in total. The quantitative estimate of drug-likeness (QED) is 0.576. The number of alkyl carbamates (subject to hydrolysis) is 1. The Morgan fingerprint density at radius 1 is 1.90 bits per heavy atom. The van der Waals surface area contributed by atoms with Crippen LogP contribution in [-0.4, -0.2) is 19.2 Å². The maximum absolute atomic E-state index is 10.5. The van der Waals surface area contributed by atoms with Crippen LogP contribution in [0.4, 0.5) is 4.79 Å². The molecule has 0 heterocycles. The summed E-state index contributed by atoms with van der Waals surface area (Å²) in [5.74, 6) is 2.43. The third-order valence-corrected chi connectivity index (χ3v) is 0.974. The van der Waals surface area contributed by atoms with Crippen LogP contribution in [0, 0.1) is 12.3 Å². The van der Waals surface area contributed by atoms with Gasteiger partial charge < -0.3 is 10.1 Å². The van der Waals surface area contributed by atoms with Crippen LogP contribution in [0.15, 0.2) is 0 Å². The number of carbonyl (C=O) groups is 1. The van der Waals surface area contributed by atoms with Gasteiger partial charge in [0.1, 0.15) is 0 Å². The first kappa shape index (κ1) is 8.83. The van der Waals surface area contributed by atoms with Crippen LogP contribution in [0.3, 0.4) is 0 Å². The highest BCUT2D eigenvalue weighted by Crippen LogP contribution is 1.87. The van der Waals surface area contributed by atoms with Crippen molar-refractivity contribution in [2.45, 2.75) is 19.4 Å². The standard InChI is InChI=1S/C7H11NO2/c1-4-5-6(2)8-7(9)10-3/h1,6H,5H2,2-3H3,(H,8,9). The fraction of sp³-hybridized carbons (Fsp3) is 0.571. The first-order valence-corrected chi connectivity index (χ1v) is 2.98. The number of terminal acetylenes is 1. The first-order chi connectivity index (χ1) is 4.70. The fourth-order valence-corrected chi connectivity index (χ4v) is 0.488. The lowest BCUT2D eigenvalue weighted by Crippen LogP contribution is -2.31. The van der Waals surface area contributed by atoms with Gasteiger partial charge in [0, 0.05) is 12.5 Å². The minimum atomic E-state index is -0.442. The average Bonchev–Trinajstić information content (AvgIpc) is 1.88. The number of amides is 1. The smallest absolute Gasteiger partial charge is 0.407 e. The van der Waals surface area contributed by atoms with Crippen molar-refractivity contribution >= 4 is 6.09 Å². The molecule has 0 aliphatic heterocycles. The van der Waals surface area contributed by atoms with Gasteiger partial charge in [-0.1, -0.05) is 0 Å². The van der Waals surface area contributed by atoms with Gasteiger partial charge >= 0.3 is 6.09 Å². The van der Waals surface area contributed by atoms with Crippen LogP contribution in [0.2, 0.25) is 0 Å². The molecule has 0 radical (unpaired) electrons. The summed E-state index contributed by atoms with van der Waals surface area (Å²) in [6.45, 7) is 1.82. The Labute approximate surface area is 60.8 Å². The summed E-state index contributed by atoms with van der Waals surface area (Å²) in [4.78, 5) is 10.5. The molecule has 10 heavy (non-hydrogen) atoms. The van der Waals surface area contributed by atoms with Crippen molar-refractivity contribution in [3.8, 4) is 12.3 Å². The normalized spacial score (nSPS) is 11.3. The summed E-state index contributed by atoms with van der Waals surface area (Å²) in [5.41, 5.74) is 0. The van der Waals surface area contributed by atoms with Gasteiger partial charge in [0.25, 0.3) is 0 Å². The average molecular weight is 141 g/mol. The van der Waals surface area contributed by atoms with Crippen molar-refractivity contribution in [2.75, 3.05) is 7.11 Å². The minimum Gasteiger partial charge on any atom is -0.453 e. The summed E-state index contributed by atoms with van der Waals surface area (Å²) < 4.78 is 4.35. The van der Waals surface area contributed by atoms with Crippen molar-refractivity contribution < 1.29 is 9.53 Å². The van der Waals surface area contributed by atoms with E-state index in [1.54, 1.807) is 0 Å². The van der Waals surface area contributed by atoms with Gasteiger partial charge in [-0.15, -0.1) is 12.3 Å². The van der Waals surface area contributed by atoms with Gasteiger partial charge in [0.15, 0.2) is 0 Å². The maximum Gasteiger partial charge on any atom is 0.407 e. The zero-order chi connectivity index (χ0) is 7.98. The van der Waals surface area contributed by atoms with E-state index in [-0.39, 0.29) is 6.04 Å². The minimum absolute atomic E-state index is 0.0163. The van der Waals surface area contributed by atoms with E-state index in [1.807, 2.05) is 6.92 Å². The van der Waals surface area contributed by atoms with Crippen molar-refractivity contribution in [2.24, 2.45) is 0 Å². The highest BCUT2D eigenvalue weighted by Gasteiger charge is 2.03. The molecule has 1 amide bonds. The molecule has 0 saturated heterocycles. The monoisotopic (exact) mass is 141 g/mol. The van der Waals surface area contributed by atoms with E-state index in [9.17, 15) is 4.79 Å². The first-order valence-electron chi connectivity index (χ1n) is 2.98. The molecular formula is C7H11NO2. The second-order valence-corrected chi connectivity index (χ2v) is 1.95. The molecule has 0 saturated carbocycles. The van der Waals surface area contributed by atoms with Gasteiger partial charge in [-0.05, 0) is 6.92 Å². The summed E-state index contributed by atoms with van der Waals surface area (Å²) in [5, 5.41) is 2.53. The van der Waals surface area contributed by atoms with E-state index in [0.29, 0.717) is 6.42 Å². The Balaban J connectivity index is 3.49. The molecule has 0 aromatic heterocycles. The Kier molecular flexibility index (Phi) is 4.14. The van der Waals surface area contributed by atoms with E-state index in [1.165, 1.54) is 7.11 Å². The zero-order valence-electron chi connectivity index (χ0n) is 6.18. The number of methoxy groups -OCH3 is 1.